The number of carboxylic acid groups (broad SMARTS) is 1. The molecule has 110 valence electrons. The van der Waals surface area contributed by atoms with E-state index in [0.29, 0.717) is 24.2 Å². The molecule has 2 aromatic rings. The summed E-state index contributed by atoms with van der Waals surface area (Å²) in [6, 6.07) is 3.48. The third-order valence-electron chi connectivity index (χ3n) is 3.97. The summed E-state index contributed by atoms with van der Waals surface area (Å²) < 4.78 is 0.755. The number of anilines is 1. The summed E-state index contributed by atoms with van der Waals surface area (Å²) in [4.78, 5) is 28.1. The highest BCUT2D eigenvalue weighted by atomic mass is 32.1. The minimum Gasteiger partial charge on any atom is -0.481 e. The van der Waals surface area contributed by atoms with Gasteiger partial charge < -0.3 is 10.0 Å². The van der Waals surface area contributed by atoms with Crippen LogP contribution in [0.3, 0.4) is 0 Å². The quantitative estimate of drug-likeness (QED) is 0.691. The standard InChI is InChI=1S/C13H13N3O4S/c1-13(12(17)18)4-5-15(6-13)8-2-3-9-10(14-7-21-9)11(8)16(19)20/h2-3,7H,4-6H2,1H3,(H,17,18). The smallest absolute Gasteiger partial charge is 0.319 e. The van der Waals surface area contributed by atoms with Crippen molar-refractivity contribution in [3.8, 4) is 0 Å². The first-order chi connectivity index (χ1) is 9.92. The van der Waals surface area contributed by atoms with Crippen molar-refractivity contribution < 1.29 is 14.8 Å². The second kappa shape index (κ2) is 4.66. The molecule has 0 radical (unpaired) electrons. The zero-order valence-corrected chi connectivity index (χ0v) is 12.1. The van der Waals surface area contributed by atoms with Crippen LogP contribution in [0.5, 0.6) is 0 Å². The van der Waals surface area contributed by atoms with Gasteiger partial charge in [-0.2, -0.15) is 0 Å². The fraction of sp³-hybridized carbons (Fsp3) is 0.385. The van der Waals surface area contributed by atoms with E-state index in [2.05, 4.69) is 4.98 Å². The van der Waals surface area contributed by atoms with E-state index in [9.17, 15) is 20.0 Å². The van der Waals surface area contributed by atoms with Crippen LogP contribution in [0, 0.1) is 15.5 Å². The molecule has 1 aliphatic rings. The Balaban J connectivity index is 2.07. The summed E-state index contributed by atoms with van der Waals surface area (Å²) in [6.45, 7) is 2.42. The van der Waals surface area contributed by atoms with Crippen LogP contribution >= 0.6 is 11.3 Å². The molecule has 1 aromatic heterocycles. The number of aromatic nitrogens is 1. The predicted molar refractivity (Wildman–Crippen MR) is 78.8 cm³/mol. The molecular formula is C13H13N3O4S. The minimum absolute atomic E-state index is 0.0385. The number of nitrogens with zero attached hydrogens (tertiary/aromatic N) is 3. The number of carboxylic acids is 1. The third-order valence-corrected chi connectivity index (χ3v) is 4.76. The minimum atomic E-state index is -0.873. The molecule has 0 spiro atoms. The molecule has 1 aromatic carbocycles. The van der Waals surface area contributed by atoms with Crippen molar-refractivity contribution in [2.24, 2.45) is 5.41 Å². The molecule has 1 unspecified atom stereocenters. The second-order valence-corrected chi connectivity index (χ2v) is 6.31. The topological polar surface area (TPSA) is 96.6 Å². The van der Waals surface area contributed by atoms with Gasteiger partial charge in [0.05, 0.1) is 20.5 Å². The molecule has 1 atom stereocenters. The fourth-order valence-electron chi connectivity index (χ4n) is 2.68. The Bertz CT molecular complexity index is 744. The number of hydrogen-bond donors (Lipinski definition) is 1. The van der Waals surface area contributed by atoms with Gasteiger partial charge in [-0.05, 0) is 25.5 Å². The zero-order valence-electron chi connectivity index (χ0n) is 11.3. The number of nitro benzene ring substituents is 1. The largest absolute Gasteiger partial charge is 0.481 e. The molecule has 0 aliphatic carbocycles. The number of rotatable bonds is 3. The van der Waals surface area contributed by atoms with Crippen molar-refractivity contribution >= 4 is 38.9 Å². The van der Waals surface area contributed by atoms with Gasteiger partial charge in [-0.3, -0.25) is 14.9 Å². The first kappa shape index (κ1) is 13.7. The maximum atomic E-state index is 11.4. The fourth-order valence-corrected chi connectivity index (χ4v) is 3.36. The Kier molecular flexibility index (Phi) is 3.05. The molecule has 3 rings (SSSR count). The van der Waals surface area contributed by atoms with Gasteiger partial charge >= 0.3 is 11.7 Å². The number of nitro groups is 1. The van der Waals surface area contributed by atoms with E-state index in [0.717, 1.165) is 4.70 Å². The number of aliphatic carboxylic acids is 1. The van der Waals surface area contributed by atoms with Gasteiger partial charge in [-0.1, -0.05) is 0 Å². The highest BCUT2D eigenvalue weighted by Crippen LogP contribution is 2.41. The van der Waals surface area contributed by atoms with Crippen molar-refractivity contribution in [3.63, 3.8) is 0 Å². The van der Waals surface area contributed by atoms with E-state index in [4.69, 9.17) is 0 Å². The van der Waals surface area contributed by atoms with Crippen LogP contribution in [-0.4, -0.2) is 34.1 Å². The lowest BCUT2D eigenvalue weighted by atomic mass is 9.90. The molecule has 21 heavy (non-hydrogen) atoms. The van der Waals surface area contributed by atoms with E-state index < -0.39 is 16.3 Å². The van der Waals surface area contributed by atoms with Crippen molar-refractivity contribution in [2.45, 2.75) is 13.3 Å². The average molecular weight is 307 g/mol. The van der Waals surface area contributed by atoms with Crippen molar-refractivity contribution in [3.05, 3.63) is 27.8 Å². The number of thiazole rings is 1. The Morgan fingerprint density at radius 2 is 2.33 bits per heavy atom. The first-order valence-corrected chi connectivity index (χ1v) is 7.29. The molecule has 0 saturated carbocycles. The highest BCUT2D eigenvalue weighted by molar-refractivity contribution is 7.16. The predicted octanol–water partition coefficient (Wildman–Crippen LogP) is 2.51. The van der Waals surface area contributed by atoms with Crippen LogP contribution < -0.4 is 4.90 Å². The molecule has 2 heterocycles. The molecule has 1 fully saturated rings. The summed E-state index contributed by atoms with van der Waals surface area (Å²) >= 11 is 1.35. The summed E-state index contributed by atoms with van der Waals surface area (Å²) in [5.74, 6) is -0.873. The Morgan fingerprint density at radius 1 is 1.57 bits per heavy atom. The molecule has 7 nitrogen and oxygen atoms in total. The van der Waals surface area contributed by atoms with Crippen molar-refractivity contribution in [1.82, 2.24) is 4.98 Å². The monoisotopic (exact) mass is 307 g/mol. The molecule has 0 bridgehead atoms. The van der Waals surface area contributed by atoms with Crippen LogP contribution in [0.1, 0.15) is 13.3 Å². The van der Waals surface area contributed by atoms with E-state index in [1.165, 1.54) is 11.3 Å². The van der Waals surface area contributed by atoms with E-state index >= 15 is 0 Å². The summed E-state index contributed by atoms with van der Waals surface area (Å²) in [5, 5.41) is 20.7. The van der Waals surface area contributed by atoms with Gasteiger partial charge in [-0.15, -0.1) is 11.3 Å². The van der Waals surface area contributed by atoms with Gasteiger partial charge in [0.25, 0.3) is 0 Å². The molecule has 1 saturated heterocycles. The number of carbonyl (C=O) groups is 1. The lowest BCUT2D eigenvalue weighted by Crippen LogP contribution is -2.31. The summed E-state index contributed by atoms with van der Waals surface area (Å²) in [6.07, 6.45) is 0.467. The van der Waals surface area contributed by atoms with Crippen LogP contribution in [0.2, 0.25) is 0 Å². The lowest BCUT2D eigenvalue weighted by molar-refractivity contribution is -0.382. The SMILES string of the molecule is CC1(C(=O)O)CCN(c2ccc3scnc3c2[N+](=O)[O-])C1. The molecule has 1 aliphatic heterocycles. The van der Waals surface area contributed by atoms with Crippen molar-refractivity contribution in [1.29, 1.82) is 0 Å². The van der Waals surface area contributed by atoms with Gasteiger partial charge in [-0.25, -0.2) is 4.98 Å². The van der Waals surface area contributed by atoms with Gasteiger partial charge in [0.2, 0.25) is 0 Å². The van der Waals surface area contributed by atoms with E-state index in [-0.39, 0.29) is 12.2 Å². The van der Waals surface area contributed by atoms with Crippen molar-refractivity contribution in [2.75, 3.05) is 18.0 Å². The van der Waals surface area contributed by atoms with Crippen LogP contribution in [0.4, 0.5) is 11.4 Å². The maximum Gasteiger partial charge on any atom is 0.319 e. The third kappa shape index (κ3) is 2.11. The Labute approximate surface area is 124 Å². The molecule has 0 amide bonds. The first-order valence-electron chi connectivity index (χ1n) is 6.41. The summed E-state index contributed by atoms with van der Waals surface area (Å²) in [5.41, 5.74) is 1.48. The normalized spacial score (nSPS) is 21.9. The van der Waals surface area contributed by atoms with Gasteiger partial charge in [0.1, 0.15) is 5.69 Å². The summed E-state index contributed by atoms with van der Waals surface area (Å²) in [7, 11) is 0. The second-order valence-electron chi connectivity index (χ2n) is 5.43. The Morgan fingerprint density at radius 3 is 2.95 bits per heavy atom. The van der Waals surface area contributed by atoms with Crippen LogP contribution in [0.15, 0.2) is 17.6 Å². The van der Waals surface area contributed by atoms with E-state index in [1.807, 2.05) is 0 Å². The Hall–Kier alpha value is -2.22. The van der Waals surface area contributed by atoms with Gasteiger partial charge in [0.15, 0.2) is 5.52 Å². The lowest BCUT2D eigenvalue weighted by Gasteiger charge is -2.21. The van der Waals surface area contributed by atoms with E-state index in [1.54, 1.807) is 29.5 Å². The van der Waals surface area contributed by atoms with Gasteiger partial charge in [0, 0.05) is 13.1 Å². The molecular weight excluding hydrogens is 294 g/mol. The van der Waals surface area contributed by atoms with Crippen LogP contribution in [-0.2, 0) is 4.79 Å². The number of fused-ring (bicyclic) bond motifs is 1. The zero-order chi connectivity index (χ0) is 15.2. The maximum absolute atomic E-state index is 11.4. The number of hydrogen-bond acceptors (Lipinski definition) is 6. The number of benzene rings is 1. The van der Waals surface area contributed by atoms with Crippen LogP contribution in [0.25, 0.3) is 10.2 Å². The molecule has 8 heteroatoms. The molecule has 1 N–H and O–H groups in total. The average Bonchev–Trinajstić information content (AvgIpc) is 3.04. The highest BCUT2D eigenvalue weighted by Gasteiger charge is 2.42.